The molecular weight excluding hydrogens is 494 g/mol. The second kappa shape index (κ2) is 9.31. The van der Waals surface area contributed by atoms with Gasteiger partial charge < -0.3 is 15.4 Å². The number of rotatable bonds is 5. The summed E-state index contributed by atoms with van der Waals surface area (Å²) < 4.78 is 43.0. The van der Waals surface area contributed by atoms with E-state index in [4.69, 9.17) is 33.2 Å². The first-order chi connectivity index (χ1) is 16.2. The lowest BCUT2D eigenvalue weighted by atomic mass is 9.83. The first-order valence-corrected chi connectivity index (χ1v) is 11.0. The van der Waals surface area contributed by atoms with Crippen LogP contribution in [0, 0.1) is 0 Å². The van der Waals surface area contributed by atoms with Gasteiger partial charge in [0.25, 0.3) is 11.5 Å². The molecule has 1 heterocycles. The summed E-state index contributed by atoms with van der Waals surface area (Å²) in [5.74, 6) is -0.433. The highest BCUT2D eigenvalue weighted by atomic mass is 35.5. The normalized spacial score (nSPS) is 22.9. The van der Waals surface area contributed by atoms with Gasteiger partial charge in [0.1, 0.15) is 0 Å². The highest BCUT2D eigenvalue weighted by Crippen LogP contribution is 2.49. The van der Waals surface area contributed by atoms with Crippen LogP contribution in [0.15, 0.2) is 69.5 Å². The zero-order chi connectivity index (χ0) is 24.5. The largest absolute Gasteiger partial charge is 0.435 e. The van der Waals surface area contributed by atoms with E-state index in [0.29, 0.717) is 21.9 Å². The van der Waals surface area contributed by atoms with Crippen molar-refractivity contribution in [1.29, 1.82) is 0 Å². The van der Waals surface area contributed by atoms with E-state index in [1.54, 1.807) is 24.3 Å². The fraction of sp³-hybridized carbons (Fsp3) is 0.261. The van der Waals surface area contributed by atoms with Gasteiger partial charge in [0.05, 0.1) is 23.8 Å². The summed E-state index contributed by atoms with van der Waals surface area (Å²) in [5, 5.41) is 18.3. The molecule has 2 unspecified atom stereocenters. The Labute approximate surface area is 202 Å². The molecule has 4 rings (SSSR count). The number of nitrogens with one attached hydrogen (secondary N) is 1. The van der Waals surface area contributed by atoms with E-state index in [1.807, 2.05) is 0 Å². The number of benzene rings is 2. The van der Waals surface area contributed by atoms with Crippen molar-refractivity contribution in [2.45, 2.75) is 30.0 Å². The highest BCUT2D eigenvalue weighted by Gasteiger charge is 2.63. The van der Waals surface area contributed by atoms with Crippen molar-refractivity contribution in [3.8, 4) is 0 Å². The lowest BCUT2D eigenvalue weighted by molar-refractivity contribution is -0.252. The summed E-state index contributed by atoms with van der Waals surface area (Å²) in [6.07, 6.45) is -1.52. The highest BCUT2D eigenvalue weighted by molar-refractivity contribution is 6.31. The predicted molar refractivity (Wildman–Crippen MR) is 124 cm³/mol. The maximum Gasteiger partial charge on any atom is 0.435 e. The summed E-state index contributed by atoms with van der Waals surface area (Å²) in [7, 11) is 0. The molecule has 11 heteroatoms. The molecule has 2 aromatic carbocycles. The minimum absolute atomic E-state index is 0.00676. The number of halogens is 5. The molecule has 0 aromatic heterocycles. The average molecular weight is 512 g/mol. The molecule has 2 atom stereocenters. The molecule has 6 nitrogen and oxygen atoms in total. The van der Waals surface area contributed by atoms with E-state index < -0.39 is 29.5 Å². The fourth-order valence-electron chi connectivity index (χ4n) is 4.04. The van der Waals surface area contributed by atoms with Gasteiger partial charge in [-0.25, -0.2) is 0 Å². The molecule has 0 spiro atoms. The van der Waals surface area contributed by atoms with Crippen molar-refractivity contribution in [3.05, 3.63) is 70.3 Å². The molecule has 34 heavy (non-hydrogen) atoms. The van der Waals surface area contributed by atoms with Gasteiger partial charge in [-0.1, -0.05) is 53.2 Å². The molecule has 1 amide bonds. The predicted octanol–water partition coefficient (Wildman–Crippen LogP) is 5.52. The third-order valence-corrected chi connectivity index (χ3v) is 6.17. The molecule has 2 aromatic rings. The van der Waals surface area contributed by atoms with Crippen LogP contribution in [0.2, 0.25) is 0 Å². The van der Waals surface area contributed by atoms with E-state index in [9.17, 15) is 18.0 Å². The zero-order valence-electron chi connectivity index (χ0n) is 17.4. The van der Waals surface area contributed by atoms with Crippen LogP contribution in [0.3, 0.4) is 0 Å². The lowest BCUT2D eigenvalue weighted by Crippen LogP contribution is -2.47. The summed E-state index contributed by atoms with van der Waals surface area (Å²) >= 11 is 12.1. The van der Waals surface area contributed by atoms with Gasteiger partial charge in [0.15, 0.2) is 0 Å². The molecule has 2 N–H and O–H groups in total. The van der Waals surface area contributed by atoms with E-state index >= 15 is 0 Å². The van der Waals surface area contributed by atoms with Crippen molar-refractivity contribution in [3.63, 3.8) is 0 Å². The Kier molecular flexibility index (Phi) is 6.60. The Morgan fingerprint density at radius 2 is 2.03 bits per heavy atom. The van der Waals surface area contributed by atoms with E-state index in [-0.39, 0.29) is 29.3 Å². The van der Waals surface area contributed by atoms with Crippen molar-refractivity contribution < 1.29 is 28.0 Å². The molecule has 0 saturated heterocycles. The van der Waals surface area contributed by atoms with Crippen LogP contribution in [-0.4, -0.2) is 46.7 Å². The summed E-state index contributed by atoms with van der Waals surface area (Å²) in [4.78, 5) is 17.7. The van der Waals surface area contributed by atoms with Crippen LogP contribution in [-0.2, 0) is 4.84 Å². The number of hydrogen-bond donors (Lipinski definition) is 2. The Balaban J connectivity index is 1.74. The third-order valence-electron chi connectivity index (χ3n) is 5.63. The quantitative estimate of drug-likeness (QED) is 0.240. The standard InChI is InChI=1S/C23H18Cl2F3N3O3/c24-14-9-13(10-15(25)11-14)22(23(26,27)28)12-20(31-34-22)18-5-6-19(21(32)29-7-8-30-33)17-4-2-1-3-16(17)18/h1-6,8-10,14,33H,7,11-12H2,(H,29,32)/b30-8+. The number of carbonyl (C=O) groups is 1. The first-order valence-electron chi connectivity index (χ1n) is 10.2. The monoisotopic (exact) mass is 511 g/mol. The number of hydrogen-bond acceptors (Lipinski definition) is 5. The molecule has 0 saturated carbocycles. The fourth-order valence-corrected chi connectivity index (χ4v) is 4.70. The Morgan fingerprint density at radius 3 is 2.71 bits per heavy atom. The van der Waals surface area contributed by atoms with E-state index in [1.165, 1.54) is 24.3 Å². The maximum absolute atomic E-state index is 14.3. The number of nitrogens with zero attached hydrogens (tertiary/aromatic N) is 2. The number of allylic oxidation sites excluding steroid dienone is 2. The zero-order valence-corrected chi connectivity index (χ0v) is 19.0. The number of fused-ring (bicyclic) bond motifs is 1. The SMILES string of the molecule is O=C(NC/C=N/O)c1ccc(C2=NOC(C3=CC(Cl)CC(Cl)=C3)(C(F)(F)F)C2)c2ccccc12. The van der Waals surface area contributed by atoms with Crippen LogP contribution in [0.25, 0.3) is 10.8 Å². The summed E-state index contributed by atoms with van der Waals surface area (Å²) in [6, 6.07) is 9.84. The molecule has 0 bridgehead atoms. The maximum atomic E-state index is 14.3. The van der Waals surface area contributed by atoms with Crippen molar-refractivity contribution >= 4 is 51.8 Å². The van der Waals surface area contributed by atoms with Gasteiger partial charge in [-0.3, -0.25) is 4.79 Å². The lowest BCUT2D eigenvalue weighted by Gasteiger charge is -2.32. The van der Waals surface area contributed by atoms with E-state index in [0.717, 1.165) is 6.21 Å². The third kappa shape index (κ3) is 4.37. The molecule has 0 fully saturated rings. The molecule has 1 aliphatic carbocycles. The van der Waals surface area contributed by atoms with Crippen LogP contribution in [0.5, 0.6) is 0 Å². The van der Waals surface area contributed by atoms with Crippen LogP contribution < -0.4 is 5.32 Å². The van der Waals surface area contributed by atoms with Gasteiger partial charge in [-0.05, 0) is 22.9 Å². The van der Waals surface area contributed by atoms with Gasteiger partial charge in [0.2, 0.25) is 0 Å². The molecule has 178 valence electrons. The van der Waals surface area contributed by atoms with Gasteiger partial charge >= 0.3 is 6.18 Å². The summed E-state index contributed by atoms with van der Waals surface area (Å²) in [6.45, 7) is 0.00676. The van der Waals surface area contributed by atoms with Crippen molar-refractivity contribution in [2.24, 2.45) is 10.3 Å². The molecule has 2 aliphatic rings. The minimum Gasteiger partial charge on any atom is -0.411 e. The minimum atomic E-state index is -4.80. The smallest absolute Gasteiger partial charge is 0.411 e. The number of oxime groups is 2. The van der Waals surface area contributed by atoms with Gasteiger partial charge in [0, 0.05) is 34.6 Å². The van der Waals surface area contributed by atoms with Crippen LogP contribution >= 0.6 is 23.2 Å². The first kappa shape index (κ1) is 24.1. The Bertz CT molecular complexity index is 1260. The second-order valence-electron chi connectivity index (χ2n) is 7.78. The molecule has 0 radical (unpaired) electrons. The number of alkyl halides is 4. The van der Waals surface area contributed by atoms with Crippen LogP contribution in [0.1, 0.15) is 28.8 Å². The summed E-state index contributed by atoms with van der Waals surface area (Å²) in [5.41, 5.74) is -2.13. The molecule has 1 aliphatic heterocycles. The number of amides is 1. The van der Waals surface area contributed by atoms with Crippen molar-refractivity contribution in [2.75, 3.05) is 6.54 Å². The average Bonchev–Trinajstić information content (AvgIpc) is 3.25. The Morgan fingerprint density at radius 1 is 1.29 bits per heavy atom. The number of carbonyl (C=O) groups excluding carboxylic acids is 1. The van der Waals surface area contributed by atoms with E-state index in [2.05, 4.69) is 15.6 Å². The van der Waals surface area contributed by atoms with Gasteiger partial charge in [-0.15, -0.1) is 16.8 Å². The van der Waals surface area contributed by atoms with Crippen molar-refractivity contribution in [1.82, 2.24) is 5.32 Å². The van der Waals surface area contributed by atoms with Crippen LogP contribution in [0.4, 0.5) is 13.2 Å². The van der Waals surface area contributed by atoms with Gasteiger partial charge in [-0.2, -0.15) is 13.2 Å². The Hall–Kier alpha value is -3.04. The topological polar surface area (TPSA) is 83.3 Å². The second-order valence-corrected chi connectivity index (χ2v) is 8.82. The molecular formula is C23H18Cl2F3N3O3.